The van der Waals surface area contributed by atoms with Gasteiger partial charge in [-0.2, -0.15) is 0 Å². The van der Waals surface area contributed by atoms with Crippen molar-refractivity contribution in [2.75, 3.05) is 11.9 Å². The van der Waals surface area contributed by atoms with E-state index in [1.807, 2.05) is 57.2 Å². The summed E-state index contributed by atoms with van der Waals surface area (Å²) < 4.78 is 5.12. The third kappa shape index (κ3) is 7.77. The van der Waals surface area contributed by atoms with E-state index in [0.717, 1.165) is 11.3 Å². The van der Waals surface area contributed by atoms with E-state index in [2.05, 4.69) is 10.6 Å². The summed E-state index contributed by atoms with van der Waals surface area (Å²) in [6.45, 7) is 7.29. The Labute approximate surface area is 125 Å². The molecule has 0 spiro atoms. The first kappa shape index (κ1) is 16.8. The third-order valence-corrected chi connectivity index (χ3v) is 2.28. The van der Waals surface area contributed by atoms with Crippen LogP contribution in [0.15, 0.2) is 30.3 Å². The number of carbonyl (C=O) groups excluding carboxylic acids is 2. The van der Waals surface area contributed by atoms with Crippen molar-refractivity contribution < 1.29 is 14.3 Å². The minimum atomic E-state index is -0.500. The van der Waals surface area contributed by atoms with Gasteiger partial charge in [-0.05, 0) is 38.5 Å². The van der Waals surface area contributed by atoms with E-state index < -0.39 is 11.7 Å². The Kier molecular flexibility index (Phi) is 5.96. The Morgan fingerprint density at radius 3 is 2.62 bits per heavy atom. The number of amides is 2. The number of carbonyl (C=O) groups is 2. The molecule has 0 aliphatic carbocycles. The van der Waals surface area contributed by atoms with E-state index in [1.54, 1.807) is 0 Å². The van der Waals surface area contributed by atoms with Crippen molar-refractivity contribution in [2.45, 2.75) is 33.3 Å². The number of ether oxygens (including phenoxy) is 1. The van der Waals surface area contributed by atoms with Gasteiger partial charge in [0.15, 0.2) is 0 Å². The summed E-state index contributed by atoms with van der Waals surface area (Å²) in [6.07, 6.45) is 3.23. The van der Waals surface area contributed by atoms with Gasteiger partial charge in [-0.25, -0.2) is 4.79 Å². The van der Waals surface area contributed by atoms with Crippen molar-refractivity contribution in [3.05, 3.63) is 35.9 Å². The second-order valence-electron chi connectivity index (χ2n) is 5.59. The zero-order chi connectivity index (χ0) is 15.9. The monoisotopic (exact) mass is 290 g/mol. The van der Waals surface area contributed by atoms with Crippen LogP contribution in [-0.2, 0) is 9.53 Å². The van der Waals surface area contributed by atoms with Crippen molar-refractivity contribution in [3.63, 3.8) is 0 Å². The van der Waals surface area contributed by atoms with E-state index in [4.69, 9.17) is 4.74 Å². The fourth-order valence-electron chi connectivity index (χ4n) is 1.57. The number of hydrogen-bond acceptors (Lipinski definition) is 3. The first-order chi connectivity index (χ1) is 9.76. The molecule has 2 N–H and O–H groups in total. The van der Waals surface area contributed by atoms with Crippen molar-refractivity contribution in [1.29, 1.82) is 0 Å². The van der Waals surface area contributed by atoms with Gasteiger partial charge >= 0.3 is 6.09 Å². The van der Waals surface area contributed by atoms with Crippen molar-refractivity contribution in [2.24, 2.45) is 0 Å². The summed E-state index contributed by atoms with van der Waals surface area (Å²) in [5.41, 5.74) is 1.18. The van der Waals surface area contributed by atoms with Crippen molar-refractivity contribution in [3.8, 4) is 0 Å². The molecule has 21 heavy (non-hydrogen) atoms. The Morgan fingerprint density at radius 2 is 2.00 bits per heavy atom. The normalized spacial score (nSPS) is 11.2. The van der Waals surface area contributed by atoms with Gasteiger partial charge < -0.3 is 15.4 Å². The maximum absolute atomic E-state index is 11.4. The van der Waals surface area contributed by atoms with Gasteiger partial charge in [0.2, 0.25) is 5.91 Å². The summed E-state index contributed by atoms with van der Waals surface area (Å²) >= 11 is 0. The lowest BCUT2D eigenvalue weighted by Gasteiger charge is -2.19. The Morgan fingerprint density at radius 1 is 1.29 bits per heavy atom. The number of rotatable bonds is 4. The molecule has 5 nitrogen and oxygen atoms in total. The quantitative estimate of drug-likeness (QED) is 0.895. The van der Waals surface area contributed by atoms with Crippen LogP contribution in [0, 0.1) is 0 Å². The highest BCUT2D eigenvalue weighted by atomic mass is 16.6. The second-order valence-corrected chi connectivity index (χ2v) is 5.59. The summed E-state index contributed by atoms with van der Waals surface area (Å²) in [5, 5.41) is 5.36. The Balaban J connectivity index is 2.47. The first-order valence-electron chi connectivity index (χ1n) is 6.77. The number of benzene rings is 1. The molecule has 0 unspecified atom stereocenters. The minimum Gasteiger partial charge on any atom is -0.444 e. The van der Waals surface area contributed by atoms with Gasteiger partial charge in [-0.3, -0.25) is 4.79 Å². The molecule has 114 valence electrons. The van der Waals surface area contributed by atoms with E-state index in [1.165, 1.54) is 6.92 Å². The SMILES string of the molecule is CC(=O)Nc1cccc(C=CCNC(=O)OC(C)(C)C)c1. The predicted octanol–water partition coefficient (Wildman–Crippen LogP) is 3.18. The van der Waals surface area contributed by atoms with Crippen LogP contribution in [0.5, 0.6) is 0 Å². The summed E-state index contributed by atoms with van der Waals surface area (Å²) in [6, 6.07) is 7.44. The Bertz CT molecular complexity index is 531. The molecule has 5 heteroatoms. The van der Waals surface area contributed by atoms with E-state index in [0.29, 0.717) is 6.54 Å². The van der Waals surface area contributed by atoms with Crippen molar-refractivity contribution >= 4 is 23.8 Å². The molecule has 0 aliphatic rings. The summed E-state index contributed by atoms with van der Waals surface area (Å²) in [5.74, 6) is -0.109. The smallest absolute Gasteiger partial charge is 0.407 e. The molecule has 0 aromatic heterocycles. The van der Waals surface area contributed by atoms with E-state index >= 15 is 0 Å². The number of hydrogen-bond donors (Lipinski definition) is 2. The molecule has 1 aromatic rings. The molecule has 0 saturated carbocycles. The molecule has 2 amide bonds. The molecule has 0 heterocycles. The molecule has 0 saturated heterocycles. The van der Waals surface area contributed by atoms with Crippen LogP contribution < -0.4 is 10.6 Å². The van der Waals surface area contributed by atoms with Gasteiger partial charge in [-0.15, -0.1) is 0 Å². The maximum atomic E-state index is 11.4. The maximum Gasteiger partial charge on any atom is 0.407 e. The zero-order valence-electron chi connectivity index (χ0n) is 12.9. The average Bonchev–Trinajstić information content (AvgIpc) is 2.32. The summed E-state index contributed by atoms with van der Waals surface area (Å²) in [4.78, 5) is 22.4. The highest BCUT2D eigenvalue weighted by molar-refractivity contribution is 5.88. The van der Waals surface area contributed by atoms with Gasteiger partial charge in [0, 0.05) is 19.2 Å². The van der Waals surface area contributed by atoms with Gasteiger partial charge in [0.1, 0.15) is 5.60 Å². The summed E-state index contributed by atoms with van der Waals surface area (Å²) in [7, 11) is 0. The number of anilines is 1. The lowest BCUT2D eigenvalue weighted by molar-refractivity contribution is -0.114. The van der Waals surface area contributed by atoms with Crippen LogP contribution in [0.2, 0.25) is 0 Å². The van der Waals surface area contributed by atoms with Crippen LogP contribution in [0.4, 0.5) is 10.5 Å². The van der Waals surface area contributed by atoms with Crippen molar-refractivity contribution in [1.82, 2.24) is 5.32 Å². The molecular formula is C16H22N2O3. The van der Waals surface area contributed by atoms with Gasteiger partial charge in [0.05, 0.1) is 0 Å². The average molecular weight is 290 g/mol. The van der Waals surface area contributed by atoms with Crippen LogP contribution in [-0.4, -0.2) is 24.1 Å². The molecule has 0 aliphatic heterocycles. The topological polar surface area (TPSA) is 67.4 Å². The van der Waals surface area contributed by atoms with E-state index in [-0.39, 0.29) is 5.91 Å². The highest BCUT2D eigenvalue weighted by Crippen LogP contribution is 2.11. The number of nitrogens with one attached hydrogen (secondary N) is 2. The lowest BCUT2D eigenvalue weighted by Crippen LogP contribution is -2.32. The zero-order valence-corrected chi connectivity index (χ0v) is 12.9. The third-order valence-electron chi connectivity index (χ3n) is 2.28. The Hall–Kier alpha value is -2.30. The molecule has 0 fully saturated rings. The van der Waals surface area contributed by atoms with Crippen LogP contribution >= 0.6 is 0 Å². The fourth-order valence-corrected chi connectivity index (χ4v) is 1.57. The number of alkyl carbamates (subject to hydrolysis) is 1. The highest BCUT2D eigenvalue weighted by Gasteiger charge is 2.14. The predicted molar refractivity (Wildman–Crippen MR) is 84.0 cm³/mol. The van der Waals surface area contributed by atoms with E-state index in [9.17, 15) is 9.59 Å². The molecule has 1 aromatic carbocycles. The van der Waals surface area contributed by atoms with Gasteiger partial charge in [-0.1, -0.05) is 24.3 Å². The molecule has 1 rings (SSSR count). The fraction of sp³-hybridized carbons (Fsp3) is 0.375. The van der Waals surface area contributed by atoms with Crippen LogP contribution in [0.1, 0.15) is 33.3 Å². The standard InChI is InChI=1S/C16H22N2O3/c1-12(19)18-14-9-5-7-13(11-14)8-6-10-17-15(20)21-16(2,3)4/h5-9,11H,10H2,1-4H3,(H,17,20)(H,18,19). The van der Waals surface area contributed by atoms with Crippen LogP contribution in [0.3, 0.4) is 0 Å². The first-order valence-corrected chi connectivity index (χ1v) is 6.77. The molecule has 0 bridgehead atoms. The largest absolute Gasteiger partial charge is 0.444 e. The molecule has 0 radical (unpaired) electrons. The lowest BCUT2D eigenvalue weighted by atomic mass is 10.2. The second kappa shape index (κ2) is 7.47. The minimum absolute atomic E-state index is 0.109. The van der Waals surface area contributed by atoms with Gasteiger partial charge in [0.25, 0.3) is 0 Å². The molecular weight excluding hydrogens is 268 g/mol. The van der Waals surface area contributed by atoms with Crippen LogP contribution in [0.25, 0.3) is 6.08 Å². The molecule has 0 atom stereocenters.